The molecule has 0 saturated carbocycles. The normalized spacial score (nSPS) is 14.7. The molecule has 0 heterocycles. The van der Waals surface area contributed by atoms with Gasteiger partial charge in [0.1, 0.15) is 5.60 Å². The SMILES string of the molecule is CC(CCCCCC/C=C/CC(=O)OC(C)(C)C)O[Si](C)(C)C(C)(C)C. The van der Waals surface area contributed by atoms with Crippen LogP contribution in [0.25, 0.3) is 0 Å². The van der Waals surface area contributed by atoms with Crippen molar-refractivity contribution in [3.63, 3.8) is 0 Å². The number of allylic oxidation sites excluding steroid dienone is 1. The molecular weight excluding hydrogens is 340 g/mol. The van der Waals surface area contributed by atoms with Gasteiger partial charge in [-0.05, 0) is 65.1 Å². The summed E-state index contributed by atoms with van der Waals surface area (Å²) in [7, 11) is -1.63. The number of unbranched alkanes of at least 4 members (excludes halogenated alkanes) is 4. The van der Waals surface area contributed by atoms with E-state index in [1.54, 1.807) is 0 Å². The summed E-state index contributed by atoms with van der Waals surface area (Å²) < 4.78 is 11.7. The van der Waals surface area contributed by atoms with Gasteiger partial charge in [0.25, 0.3) is 0 Å². The van der Waals surface area contributed by atoms with Crippen molar-refractivity contribution in [2.45, 2.75) is 123 Å². The maximum absolute atomic E-state index is 11.6. The molecule has 0 rings (SSSR count). The van der Waals surface area contributed by atoms with Gasteiger partial charge < -0.3 is 9.16 Å². The summed E-state index contributed by atoms with van der Waals surface area (Å²) in [5.74, 6) is -0.149. The molecule has 0 aromatic rings. The lowest BCUT2D eigenvalue weighted by Gasteiger charge is -2.38. The van der Waals surface area contributed by atoms with E-state index in [1.807, 2.05) is 26.8 Å². The van der Waals surface area contributed by atoms with E-state index in [1.165, 1.54) is 25.7 Å². The third-order valence-electron chi connectivity index (χ3n) is 4.90. The predicted octanol–water partition coefficient (Wildman–Crippen LogP) is 7.03. The fourth-order valence-electron chi connectivity index (χ4n) is 2.47. The second kappa shape index (κ2) is 11.3. The van der Waals surface area contributed by atoms with E-state index in [0.717, 1.165) is 12.8 Å². The van der Waals surface area contributed by atoms with Crippen LogP contribution in [0.4, 0.5) is 0 Å². The van der Waals surface area contributed by atoms with E-state index in [2.05, 4.69) is 46.9 Å². The Kier molecular flexibility index (Phi) is 11.0. The number of hydrogen-bond donors (Lipinski definition) is 0. The molecule has 4 heteroatoms. The third kappa shape index (κ3) is 12.7. The smallest absolute Gasteiger partial charge is 0.310 e. The summed E-state index contributed by atoms with van der Waals surface area (Å²) in [6.07, 6.45) is 11.9. The summed E-state index contributed by atoms with van der Waals surface area (Å²) in [5, 5.41) is 0.285. The second-order valence-electron chi connectivity index (χ2n) is 9.94. The summed E-state index contributed by atoms with van der Waals surface area (Å²) in [5.41, 5.74) is -0.393. The molecular formula is C22H44O3Si. The van der Waals surface area contributed by atoms with Crippen LogP contribution in [0.1, 0.15) is 93.4 Å². The molecule has 26 heavy (non-hydrogen) atoms. The molecule has 0 amide bonds. The van der Waals surface area contributed by atoms with E-state index in [9.17, 15) is 4.79 Å². The molecule has 0 aliphatic rings. The molecule has 0 saturated heterocycles. The van der Waals surface area contributed by atoms with Crippen molar-refractivity contribution >= 4 is 14.3 Å². The van der Waals surface area contributed by atoms with Crippen LogP contribution in [0.15, 0.2) is 12.2 Å². The lowest BCUT2D eigenvalue weighted by Crippen LogP contribution is -2.43. The average Bonchev–Trinajstić information content (AvgIpc) is 2.41. The van der Waals surface area contributed by atoms with Crippen LogP contribution in [0, 0.1) is 0 Å². The molecule has 0 aromatic carbocycles. The molecule has 0 fully saturated rings. The van der Waals surface area contributed by atoms with E-state index < -0.39 is 13.9 Å². The van der Waals surface area contributed by atoms with Crippen LogP contribution in [0.5, 0.6) is 0 Å². The van der Waals surface area contributed by atoms with Gasteiger partial charge in [0.15, 0.2) is 8.32 Å². The molecule has 0 aliphatic heterocycles. The van der Waals surface area contributed by atoms with Gasteiger partial charge in [-0.2, -0.15) is 0 Å². The van der Waals surface area contributed by atoms with E-state index in [4.69, 9.17) is 9.16 Å². The fourth-order valence-corrected chi connectivity index (χ4v) is 3.94. The van der Waals surface area contributed by atoms with Crippen molar-refractivity contribution in [2.75, 3.05) is 0 Å². The zero-order valence-electron chi connectivity index (χ0n) is 18.9. The van der Waals surface area contributed by atoms with Crippen LogP contribution < -0.4 is 0 Å². The molecule has 3 nitrogen and oxygen atoms in total. The monoisotopic (exact) mass is 384 g/mol. The number of carbonyl (C=O) groups is 1. The Morgan fingerprint density at radius 3 is 2.08 bits per heavy atom. The zero-order chi connectivity index (χ0) is 20.4. The van der Waals surface area contributed by atoms with E-state index in [0.29, 0.717) is 12.5 Å². The molecule has 0 aliphatic carbocycles. The van der Waals surface area contributed by atoms with Gasteiger partial charge in [0.2, 0.25) is 0 Å². The number of esters is 1. The maximum atomic E-state index is 11.6. The van der Waals surface area contributed by atoms with Gasteiger partial charge in [0.05, 0.1) is 6.42 Å². The first kappa shape index (κ1) is 25.4. The standard InChI is InChI=1S/C22H44O3Si/c1-19(25-26(8,9)22(5,6)7)17-15-13-11-10-12-14-16-18-20(23)24-21(2,3)4/h14,16,19H,10-13,15,17-18H2,1-9H3/b16-14+. The Labute approximate surface area is 164 Å². The fraction of sp³-hybridized carbons (Fsp3) is 0.864. The number of carbonyl (C=O) groups excluding carboxylic acids is 1. The van der Waals surface area contributed by atoms with Crippen molar-refractivity contribution in [1.29, 1.82) is 0 Å². The first-order valence-electron chi connectivity index (χ1n) is 10.3. The van der Waals surface area contributed by atoms with E-state index >= 15 is 0 Å². The van der Waals surface area contributed by atoms with Crippen molar-refractivity contribution in [3.05, 3.63) is 12.2 Å². The van der Waals surface area contributed by atoms with Crippen LogP contribution in [-0.2, 0) is 14.0 Å². The lowest BCUT2D eigenvalue weighted by molar-refractivity contribution is -0.153. The van der Waals surface area contributed by atoms with Crippen LogP contribution >= 0.6 is 0 Å². The van der Waals surface area contributed by atoms with Crippen molar-refractivity contribution in [1.82, 2.24) is 0 Å². The molecule has 0 bridgehead atoms. The summed E-state index contributed by atoms with van der Waals surface area (Å²) in [4.78, 5) is 11.6. The van der Waals surface area contributed by atoms with Gasteiger partial charge in [-0.25, -0.2) is 0 Å². The molecule has 154 valence electrons. The van der Waals surface area contributed by atoms with Crippen LogP contribution in [0.3, 0.4) is 0 Å². The van der Waals surface area contributed by atoms with Gasteiger partial charge in [-0.15, -0.1) is 0 Å². The summed E-state index contributed by atoms with van der Waals surface area (Å²) >= 11 is 0. The minimum atomic E-state index is -1.63. The quantitative estimate of drug-likeness (QED) is 0.166. The Morgan fingerprint density at radius 1 is 0.962 bits per heavy atom. The highest BCUT2D eigenvalue weighted by atomic mass is 28.4. The van der Waals surface area contributed by atoms with Gasteiger partial charge in [0, 0.05) is 6.10 Å². The Morgan fingerprint density at radius 2 is 1.54 bits per heavy atom. The highest BCUT2D eigenvalue weighted by molar-refractivity contribution is 6.74. The molecule has 0 radical (unpaired) electrons. The van der Waals surface area contributed by atoms with Crippen molar-refractivity contribution in [3.8, 4) is 0 Å². The average molecular weight is 385 g/mol. The maximum Gasteiger partial charge on any atom is 0.310 e. The van der Waals surface area contributed by atoms with Crippen LogP contribution in [0.2, 0.25) is 18.1 Å². The minimum Gasteiger partial charge on any atom is -0.460 e. The topological polar surface area (TPSA) is 35.5 Å². The molecule has 0 aromatic heterocycles. The predicted molar refractivity (Wildman–Crippen MR) is 115 cm³/mol. The molecule has 0 spiro atoms. The second-order valence-corrected chi connectivity index (χ2v) is 14.7. The Hall–Kier alpha value is -0.613. The third-order valence-corrected chi connectivity index (χ3v) is 9.51. The largest absolute Gasteiger partial charge is 0.460 e. The molecule has 1 atom stereocenters. The summed E-state index contributed by atoms with van der Waals surface area (Å²) in [6, 6.07) is 0. The Balaban J connectivity index is 3.73. The number of ether oxygens (including phenoxy) is 1. The van der Waals surface area contributed by atoms with Gasteiger partial charge >= 0.3 is 5.97 Å². The first-order valence-corrected chi connectivity index (χ1v) is 13.2. The zero-order valence-corrected chi connectivity index (χ0v) is 19.9. The van der Waals surface area contributed by atoms with E-state index in [-0.39, 0.29) is 11.0 Å². The Bertz CT molecular complexity index is 428. The molecule has 1 unspecified atom stereocenters. The van der Waals surface area contributed by atoms with Gasteiger partial charge in [-0.1, -0.05) is 52.2 Å². The highest BCUT2D eigenvalue weighted by Gasteiger charge is 2.38. The molecule has 0 N–H and O–H groups in total. The highest BCUT2D eigenvalue weighted by Crippen LogP contribution is 2.37. The lowest BCUT2D eigenvalue weighted by atomic mass is 10.1. The first-order chi connectivity index (χ1) is 11.7. The number of rotatable bonds is 11. The van der Waals surface area contributed by atoms with Crippen molar-refractivity contribution < 1.29 is 14.0 Å². The van der Waals surface area contributed by atoms with Gasteiger partial charge in [-0.3, -0.25) is 4.79 Å². The minimum absolute atomic E-state index is 0.149. The summed E-state index contributed by atoms with van der Waals surface area (Å²) in [6.45, 7) is 19.4. The van der Waals surface area contributed by atoms with Crippen molar-refractivity contribution in [2.24, 2.45) is 0 Å². The number of hydrogen-bond acceptors (Lipinski definition) is 3. The van der Waals surface area contributed by atoms with Crippen LogP contribution in [-0.4, -0.2) is 26.0 Å².